The summed E-state index contributed by atoms with van der Waals surface area (Å²) in [5, 5.41) is 0. The van der Waals surface area contributed by atoms with Crippen molar-refractivity contribution in [2.24, 2.45) is 11.8 Å². The number of piperidine rings is 1. The van der Waals surface area contributed by atoms with Crippen molar-refractivity contribution in [3.05, 3.63) is 40.6 Å². The van der Waals surface area contributed by atoms with Crippen LogP contribution in [0.3, 0.4) is 0 Å². The number of likely N-dealkylation sites (tertiary alicyclic amines) is 1. The largest absolute Gasteiger partial charge is 0.360 e. The van der Waals surface area contributed by atoms with Gasteiger partial charge in [0.05, 0.1) is 5.69 Å². The molecule has 1 fully saturated rings. The van der Waals surface area contributed by atoms with Gasteiger partial charge in [0.15, 0.2) is 0 Å². The molecule has 0 radical (unpaired) electrons. The van der Waals surface area contributed by atoms with Gasteiger partial charge in [-0.15, -0.1) is 0 Å². The molecule has 2 bridgehead atoms. The Morgan fingerprint density at radius 1 is 1.18 bits per heavy atom. The quantitative estimate of drug-likeness (QED) is 0.797. The van der Waals surface area contributed by atoms with Crippen molar-refractivity contribution < 1.29 is 0 Å². The highest BCUT2D eigenvalue weighted by molar-refractivity contribution is 5.63. The van der Waals surface area contributed by atoms with Crippen molar-refractivity contribution in [2.45, 2.75) is 39.7 Å². The molecule has 0 aromatic carbocycles. The van der Waals surface area contributed by atoms with Crippen LogP contribution in [0.5, 0.6) is 0 Å². The van der Waals surface area contributed by atoms with Gasteiger partial charge in [-0.2, -0.15) is 0 Å². The van der Waals surface area contributed by atoms with Gasteiger partial charge in [-0.3, -0.25) is 4.79 Å². The maximum Gasteiger partial charge on any atom is 0.251 e. The third-order valence-electron chi connectivity index (χ3n) is 6.07. The molecular formula is C22H31N5O. The number of hydrogen-bond acceptors (Lipinski definition) is 5. The molecule has 2 aromatic heterocycles. The summed E-state index contributed by atoms with van der Waals surface area (Å²) in [5.41, 5.74) is 3.01. The van der Waals surface area contributed by atoms with Gasteiger partial charge < -0.3 is 14.4 Å². The third kappa shape index (κ3) is 3.70. The van der Waals surface area contributed by atoms with Crippen molar-refractivity contribution in [3.63, 3.8) is 0 Å². The summed E-state index contributed by atoms with van der Waals surface area (Å²) in [7, 11) is 2.01. The van der Waals surface area contributed by atoms with Crippen LogP contribution in [0, 0.1) is 11.8 Å². The second-order valence-electron chi connectivity index (χ2n) is 8.80. The highest BCUT2D eigenvalue weighted by Crippen LogP contribution is 2.36. The molecule has 0 saturated carbocycles. The fraction of sp³-hybridized carbons (Fsp3) is 0.591. The van der Waals surface area contributed by atoms with E-state index < -0.39 is 0 Å². The van der Waals surface area contributed by atoms with Crippen molar-refractivity contribution in [2.75, 3.05) is 38.1 Å². The van der Waals surface area contributed by atoms with Crippen molar-refractivity contribution in [1.82, 2.24) is 19.4 Å². The fourth-order valence-electron chi connectivity index (χ4n) is 4.75. The summed E-state index contributed by atoms with van der Waals surface area (Å²) >= 11 is 0. The molecule has 28 heavy (non-hydrogen) atoms. The molecule has 1 saturated heterocycles. The monoisotopic (exact) mass is 381 g/mol. The lowest BCUT2D eigenvalue weighted by Crippen LogP contribution is -2.48. The van der Waals surface area contributed by atoms with Gasteiger partial charge in [0.1, 0.15) is 12.1 Å². The first kappa shape index (κ1) is 19.1. The molecular weight excluding hydrogens is 350 g/mol. The van der Waals surface area contributed by atoms with Crippen LogP contribution in [0.25, 0.3) is 11.3 Å². The van der Waals surface area contributed by atoms with E-state index in [1.165, 1.54) is 12.1 Å². The number of pyridine rings is 1. The minimum Gasteiger partial charge on any atom is -0.360 e. The normalized spacial score (nSPS) is 21.6. The number of anilines is 1. The molecule has 0 amide bonds. The molecule has 2 aliphatic heterocycles. The van der Waals surface area contributed by atoms with E-state index in [1.807, 2.05) is 17.7 Å². The zero-order valence-electron chi connectivity index (χ0n) is 17.4. The Balaban J connectivity index is 1.69. The standard InChI is InChI=1S/C22H31N5O/c1-5-25(4)21-9-19(23-14-24-21)17-7-20-18-6-16(12-27(20)22(28)8-17)11-26(13-18)10-15(2)3/h7-9,14-16,18H,5-6,10-13H2,1-4H3/t16-,18+/m0/s1. The second-order valence-corrected chi connectivity index (χ2v) is 8.80. The molecule has 0 spiro atoms. The van der Waals surface area contributed by atoms with Gasteiger partial charge in [0.25, 0.3) is 5.56 Å². The Kier molecular flexibility index (Phi) is 5.23. The zero-order valence-corrected chi connectivity index (χ0v) is 17.4. The summed E-state index contributed by atoms with van der Waals surface area (Å²) in [6.07, 6.45) is 2.78. The molecule has 4 heterocycles. The van der Waals surface area contributed by atoms with Crippen LogP contribution in [-0.2, 0) is 6.54 Å². The minimum absolute atomic E-state index is 0.100. The van der Waals surface area contributed by atoms with E-state index in [2.05, 4.69) is 46.6 Å². The van der Waals surface area contributed by atoms with Crippen LogP contribution in [0.1, 0.15) is 38.8 Å². The van der Waals surface area contributed by atoms with E-state index >= 15 is 0 Å². The summed E-state index contributed by atoms with van der Waals surface area (Å²) in [6.45, 7) is 11.7. The number of aromatic nitrogens is 3. The van der Waals surface area contributed by atoms with Crippen LogP contribution in [0.4, 0.5) is 5.82 Å². The van der Waals surface area contributed by atoms with Crippen LogP contribution < -0.4 is 10.5 Å². The molecule has 6 heteroatoms. The number of nitrogens with zero attached hydrogens (tertiary/aromatic N) is 5. The Bertz CT molecular complexity index is 906. The summed E-state index contributed by atoms with van der Waals surface area (Å²) in [6, 6.07) is 5.92. The summed E-state index contributed by atoms with van der Waals surface area (Å²) in [4.78, 5) is 26.4. The lowest BCUT2D eigenvalue weighted by Gasteiger charge is -2.43. The summed E-state index contributed by atoms with van der Waals surface area (Å²) in [5.74, 6) is 2.56. The Hall–Kier alpha value is -2.21. The molecule has 4 rings (SSSR count). The number of hydrogen-bond donors (Lipinski definition) is 0. The van der Waals surface area contributed by atoms with E-state index in [0.29, 0.717) is 17.8 Å². The zero-order chi connectivity index (χ0) is 19.8. The van der Waals surface area contributed by atoms with E-state index in [0.717, 1.165) is 49.8 Å². The summed E-state index contributed by atoms with van der Waals surface area (Å²) < 4.78 is 2.01. The molecule has 0 N–H and O–H groups in total. The van der Waals surface area contributed by atoms with Gasteiger partial charge in [0, 0.05) is 69.1 Å². The molecule has 6 nitrogen and oxygen atoms in total. The SMILES string of the molecule is CCN(C)c1cc(-c2cc3n(c(=O)c2)C[C@H]2C[C@@H]3CN(CC(C)C)C2)ncn1. The molecule has 2 aliphatic rings. The average molecular weight is 382 g/mol. The van der Waals surface area contributed by atoms with Gasteiger partial charge in [0.2, 0.25) is 0 Å². The van der Waals surface area contributed by atoms with Gasteiger partial charge in [-0.25, -0.2) is 9.97 Å². The number of rotatable bonds is 5. The second kappa shape index (κ2) is 7.66. The fourth-order valence-corrected chi connectivity index (χ4v) is 4.75. The van der Waals surface area contributed by atoms with Gasteiger partial charge in [-0.1, -0.05) is 13.8 Å². The molecule has 2 aromatic rings. The van der Waals surface area contributed by atoms with E-state index in [4.69, 9.17) is 0 Å². The van der Waals surface area contributed by atoms with E-state index in [9.17, 15) is 4.79 Å². The molecule has 2 atom stereocenters. The molecule has 0 unspecified atom stereocenters. The van der Waals surface area contributed by atoms with Gasteiger partial charge in [-0.05, 0) is 31.2 Å². The average Bonchev–Trinajstić information content (AvgIpc) is 2.67. The third-order valence-corrected chi connectivity index (χ3v) is 6.07. The topological polar surface area (TPSA) is 54.3 Å². The first-order valence-corrected chi connectivity index (χ1v) is 10.4. The molecule has 150 valence electrons. The highest BCUT2D eigenvalue weighted by Gasteiger charge is 2.35. The first-order chi connectivity index (χ1) is 13.4. The lowest BCUT2D eigenvalue weighted by atomic mass is 9.82. The minimum atomic E-state index is 0.100. The van der Waals surface area contributed by atoms with Crippen LogP contribution in [-0.4, -0.2) is 52.7 Å². The van der Waals surface area contributed by atoms with E-state index in [-0.39, 0.29) is 5.56 Å². The maximum atomic E-state index is 12.9. The Labute approximate surface area is 167 Å². The van der Waals surface area contributed by atoms with Crippen LogP contribution in [0.15, 0.2) is 29.3 Å². The highest BCUT2D eigenvalue weighted by atomic mass is 16.1. The maximum absolute atomic E-state index is 12.9. The number of fused-ring (bicyclic) bond motifs is 4. The molecule has 0 aliphatic carbocycles. The van der Waals surface area contributed by atoms with Gasteiger partial charge >= 0.3 is 0 Å². The van der Waals surface area contributed by atoms with E-state index in [1.54, 1.807) is 12.4 Å². The van der Waals surface area contributed by atoms with Crippen molar-refractivity contribution >= 4 is 5.82 Å². The van der Waals surface area contributed by atoms with Crippen LogP contribution >= 0.6 is 0 Å². The van der Waals surface area contributed by atoms with Crippen LogP contribution in [0.2, 0.25) is 0 Å². The Morgan fingerprint density at radius 3 is 2.75 bits per heavy atom. The first-order valence-electron chi connectivity index (χ1n) is 10.4. The smallest absolute Gasteiger partial charge is 0.251 e. The predicted molar refractivity (Wildman–Crippen MR) is 113 cm³/mol. The predicted octanol–water partition coefficient (Wildman–Crippen LogP) is 2.84. The van der Waals surface area contributed by atoms with Crippen molar-refractivity contribution in [3.8, 4) is 11.3 Å². The van der Waals surface area contributed by atoms with Crippen molar-refractivity contribution in [1.29, 1.82) is 0 Å². The lowest BCUT2D eigenvalue weighted by molar-refractivity contribution is 0.109. The Morgan fingerprint density at radius 2 is 2.00 bits per heavy atom.